The van der Waals surface area contributed by atoms with Crippen molar-refractivity contribution in [1.29, 1.82) is 0 Å². The normalized spacial score (nSPS) is 13.7. The quantitative estimate of drug-likeness (QED) is 0.717. The van der Waals surface area contributed by atoms with E-state index in [1.54, 1.807) is 23.9 Å². The molecule has 1 aliphatic heterocycles. The molecule has 1 fully saturated rings. The van der Waals surface area contributed by atoms with Gasteiger partial charge in [-0.2, -0.15) is 0 Å². The first-order valence-electron chi connectivity index (χ1n) is 9.71. The van der Waals surface area contributed by atoms with Crippen molar-refractivity contribution in [2.45, 2.75) is 12.8 Å². The molecule has 3 heterocycles. The van der Waals surface area contributed by atoms with Crippen LogP contribution in [-0.2, 0) is 14.1 Å². The molecule has 1 aromatic carbocycles. The molecule has 7 heteroatoms. The van der Waals surface area contributed by atoms with Gasteiger partial charge < -0.3 is 25.1 Å². The monoisotopic (exact) mass is 391 g/mol. The lowest BCUT2D eigenvalue weighted by atomic mass is 10.1. The Kier molecular flexibility index (Phi) is 4.88. The standard InChI is InChI=1S/C22H25N5O2/c1-25-13-16(11-20(25)22(29)27-9-3-4-10-27)15-5-7-18(8-6-15)24-21(28)19-12-17(23)14-26(19)2/h5-8,11-14H,3-4,9-10,23H2,1-2H3,(H,24,28). The minimum Gasteiger partial charge on any atom is -0.397 e. The lowest BCUT2D eigenvalue weighted by molar-refractivity contribution is 0.0783. The second kappa shape index (κ2) is 7.50. The van der Waals surface area contributed by atoms with E-state index in [9.17, 15) is 9.59 Å². The third-order valence-electron chi connectivity index (χ3n) is 5.35. The first-order chi connectivity index (χ1) is 13.9. The Balaban J connectivity index is 1.49. The van der Waals surface area contributed by atoms with Crippen LogP contribution in [0.1, 0.15) is 33.8 Å². The summed E-state index contributed by atoms with van der Waals surface area (Å²) in [6.07, 6.45) is 5.81. The average Bonchev–Trinajstić information content (AvgIpc) is 3.42. The van der Waals surface area contributed by atoms with Gasteiger partial charge in [-0.25, -0.2) is 0 Å². The first-order valence-corrected chi connectivity index (χ1v) is 9.71. The molecule has 2 amide bonds. The Morgan fingerprint density at radius 2 is 1.55 bits per heavy atom. The number of rotatable bonds is 4. The van der Waals surface area contributed by atoms with Gasteiger partial charge in [0.1, 0.15) is 11.4 Å². The number of likely N-dealkylation sites (tertiary alicyclic amines) is 1. The number of nitrogens with zero attached hydrogens (tertiary/aromatic N) is 3. The predicted molar refractivity (Wildman–Crippen MR) is 114 cm³/mol. The number of amides is 2. The number of carbonyl (C=O) groups excluding carboxylic acids is 2. The highest BCUT2D eigenvalue weighted by Gasteiger charge is 2.22. The van der Waals surface area contributed by atoms with E-state index < -0.39 is 0 Å². The molecule has 150 valence electrons. The zero-order valence-electron chi connectivity index (χ0n) is 16.7. The minimum atomic E-state index is -0.213. The Morgan fingerprint density at radius 1 is 0.897 bits per heavy atom. The van der Waals surface area contributed by atoms with Crippen molar-refractivity contribution >= 4 is 23.2 Å². The summed E-state index contributed by atoms with van der Waals surface area (Å²) in [4.78, 5) is 27.0. The van der Waals surface area contributed by atoms with Crippen LogP contribution in [0, 0.1) is 0 Å². The molecule has 4 rings (SSSR count). The maximum atomic E-state index is 12.7. The van der Waals surface area contributed by atoms with Crippen LogP contribution < -0.4 is 11.1 Å². The summed E-state index contributed by atoms with van der Waals surface area (Å²) in [6, 6.07) is 11.2. The van der Waals surface area contributed by atoms with E-state index in [0.717, 1.165) is 37.1 Å². The molecule has 0 spiro atoms. The van der Waals surface area contributed by atoms with Crippen LogP contribution in [0.5, 0.6) is 0 Å². The maximum absolute atomic E-state index is 12.7. The maximum Gasteiger partial charge on any atom is 0.272 e. The SMILES string of the molecule is Cn1cc(N)cc1C(=O)Nc1ccc(-c2cc(C(=O)N3CCCC3)n(C)c2)cc1. The second-order valence-electron chi connectivity index (χ2n) is 7.53. The highest BCUT2D eigenvalue weighted by molar-refractivity contribution is 6.04. The van der Waals surface area contributed by atoms with Crippen LogP contribution in [0.4, 0.5) is 11.4 Å². The predicted octanol–water partition coefficient (Wildman–Crippen LogP) is 3.10. The van der Waals surface area contributed by atoms with Crippen LogP contribution >= 0.6 is 0 Å². The summed E-state index contributed by atoms with van der Waals surface area (Å²) in [7, 11) is 3.68. The number of aryl methyl sites for hydroxylation is 2. The van der Waals surface area contributed by atoms with E-state index in [1.165, 1.54) is 0 Å². The van der Waals surface area contributed by atoms with Crippen LogP contribution in [0.2, 0.25) is 0 Å². The zero-order valence-corrected chi connectivity index (χ0v) is 16.7. The van der Waals surface area contributed by atoms with Gasteiger partial charge in [0.25, 0.3) is 11.8 Å². The van der Waals surface area contributed by atoms with Crippen LogP contribution in [0.3, 0.4) is 0 Å². The summed E-state index contributed by atoms with van der Waals surface area (Å²) in [5, 5.41) is 2.88. The lowest BCUT2D eigenvalue weighted by Gasteiger charge is -2.15. The van der Waals surface area contributed by atoms with E-state index in [1.807, 2.05) is 53.0 Å². The molecule has 0 atom stereocenters. The van der Waals surface area contributed by atoms with Gasteiger partial charge in [0, 0.05) is 50.8 Å². The molecule has 0 saturated carbocycles. The highest BCUT2D eigenvalue weighted by atomic mass is 16.2. The van der Waals surface area contributed by atoms with Gasteiger partial charge in [0.2, 0.25) is 0 Å². The fraction of sp³-hybridized carbons (Fsp3) is 0.273. The molecule has 29 heavy (non-hydrogen) atoms. The molecule has 3 N–H and O–H groups in total. The van der Waals surface area contributed by atoms with Crippen molar-refractivity contribution in [3.8, 4) is 11.1 Å². The van der Waals surface area contributed by atoms with Crippen molar-refractivity contribution in [2.24, 2.45) is 14.1 Å². The van der Waals surface area contributed by atoms with Crippen LogP contribution in [0.15, 0.2) is 48.8 Å². The van der Waals surface area contributed by atoms with E-state index in [4.69, 9.17) is 5.73 Å². The van der Waals surface area contributed by atoms with Crippen molar-refractivity contribution in [2.75, 3.05) is 24.1 Å². The number of carbonyl (C=O) groups is 2. The van der Waals surface area contributed by atoms with Gasteiger partial charge in [-0.3, -0.25) is 9.59 Å². The number of nitrogens with one attached hydrogen (secondary N) is 1. The van der Waals surface area contributed by atoms with E-state index >= 15 is 0 Å². The fourth-order valence-corrected chi connectivity index (χ4v) is 3.77. The number of benzene rings is 1. The second-order valence-corrected chi connectivity index (χ2v) is 7.53. The molecule has 0 aliphatic carbocycles. The summed E-state index contributed by atoms with van der Waals surface area (Å²) >= 11 is 0. The largest absolute Gasteiger partial charge is 0.397 e. The fourth-order valence-electron chi connectivity index (χ4n) is 3.77. The molecule has 1 aliphatic rings. The molecular formula is C22H25N5O2. The Labute approximate surface area is 169 Å². The average molecular weight is 391 g/mol. The highest BCUT2D eigenvalue weighted by Crippen LogP contribution is 2.25. The third kappa shape index (κ3) is 3.76. The van der Waals surface area contributed by atoms with Gasteiger partial charge in [-0.1, -0.05) is 12.1 Å². The summed E-state index contributed by atoms with van der Waals surface area (Å²) in [5.74, 6) is -0.128. The van der Waals surface area contributed by atoms with E-state index in [2.05, 4.69) is 5.32 Å². The Hall–Kier alpha value is -3.48. The smallest absolute Gasteiger partial charge is 0.272 e. The minimum absolute atomic E-state index is 0.0852. The number of hydrogen-bond acceptors (Lipinski definition) is 3. The van der Waals surface area contributed by atoms with Gasteiger partial charge in [-0.05, 0) is 42.7 Å². The number of aromatic nitrogens is 2. The van der Waals surface area contributed by atoms with E-state index in [0.29, 0.717) is 22.8 Å². The van der Waals surface area contributed by atoms with Gasteiger partial charge in [0.05, 0.1) is 5.69 Å². The lowest BCUT2D eigenvalue weighted by Crippen LogP contribution is -2.29. The Bertz CT molecular complexity index is 1060. The summed E-state index contributed by atoms with van der Waals surface area (Å²) in [6.45, 7) is 1.67. The zero-order chi connectivity index (χ0) is 20.5. The number of nitrogen functional groups attached to an aromatic ring is 1. The molecule has 1 saturated heterocycles. The van der Waals surface area contributed by atoms with Crippen LogP contribution in [-0.4, -0.2) is 38.9 Å². The number of hydrogen-bond donors (Lipinski definition) is 2. The summed E-state index contributed by atoms with van der Waals surface area (Å²) < 4.78 is 3.58. The third-order valence-corrected chi connectivity index (χ3v) is 5.35. The van der Waals surface area contributed by atoms with E-state index in [-0.39, 0.29) is 11.8 Å². The van der Waals surface area contributed by atoms with Crippen molar-refractivity contribution in [3.05, 3.63) is 60.2 Å². The van der Waals surface area contributed by atoms with Gasteiger partial charge in [0.15, 0.2) is 0 Å². The summed E-state index contributed by atoms with van der Waals surface area (Å²) in [5.41, 5.74) is 10.1. The molecule has 3 aromatic rings. The van der Waals surface area contributed by atoms with Crippen molar-refractivity contribution < 1.29 is 9.59 Å². The molecule has 0 radical (unpaired) electrons. The van der Waals surface area contributed by atoms with Crippen molar-refractivity contribution in [3.63, 3.8) is 0 Å². The van der Waals surface area contributed by atoms with Crippen LogP contribution in [0.25, 0.3) is 11.1 Å². The molecule has 0 unspecified atom stereocenters. The van der Waals surface area contributed by atoms with Crippen molar-refractivity contribution in [1.82, 2.24) is 14.0 Å². The van der Waals surface area contributed by atoms with Gasteiger partial charge in [-0.15, -0.1) is 0 Å². The molecule has 0 bridgehead atoms. The molecule has 7 nitrogen and oxygen atoms in total. The topological polar surface area (TPSA) is 85.3 Å². The first kappa shape index (κ1) is 18.9. The Morgan fingerprint density at radius 3 is 2.17 bits per heavy atom. The molecular weight excluding hydrogens is 366 g/mol. The van der Waals surface area contributed by atoms with Gasteiger partial charge >= 0.3 is 0 Å². The number of anilines is 2. The number of nitrogens with two attached hydrogens (primary N) is 1. The molecule has 2 aromatic heterocycles.